The van der Waals surface area contributed by atoms with Gasteiger partial charge in [-0.3, -0.25) is 32.6 Å². The van der Waals surface area contributed by atoms with Crippen LogP contribution in [0.2, 0.25) is 0 Å². The van der Waals surface area contributed by atoms with Crippen LogP contribution in [0.1, 0.15) is 94.4 Å². The SMILES string of the molecule is CCNC(=O)OCC(COP(=O)(O)OCCNC(=O)CC(C)(C)OCCC(C)(C)OCC(=O)NCCCC(O)(P(=O)(O)O)P(=O)(O)OOC)OC(=O)C(C)CC(C)(C)C. The minimum atomic E-state index is -5.58. The molecule has 0 aliphatic heterocycles. The molecule has 0 bridgehead atoms. The van der Waals surface area contributed by atoms with Crippen molar-refractivity contribution >= 4 is 46.9 Å². The number of phosphoric ester groups is 1. The maximum absolute atomic E-state index is 12.7. The first-order chi connectivity index (χ1) is 26.8. The molecule has 0 aliphatic rings. The third kappa shape index (κ3) is 24.2. The summed E-state index contributed by atoms with van der Waals surface area (Å²) in [5.41, 5.74) is -2.04. The van der Waals surface area contributed by atoms with Crippen LogP contribution in [0.5, 0.6) is 0 Å². The van der Waals surface area contributed by atoms with Gasteiger partial charge in [-0.25, -0.2) is 14.2 Å². The lowest BCUT2D eigenvalue weighted by molar-refractivity contribution is -0.191. The van der Waals surface area contributed by atoms with E-state index in [0.717, 1.165) is 7.11 Å². The Balaban J connectivity index is 4.76. The summed E-state index contributed by atoms with van der Waals surface area (Å²) in [5, 5.41) is 14.2. The molecule has 59 heavy (non-hydrogen) atoms. The van der Waals surface area contributed by atoms with E-state index in [1.54, 1.807) is 41.5 Å². The molecule has 0 aromatic heterocycles. The van der Waals surface area contributed by atoms with Gasteiger partial charge in [0, 0.05) is 26.1 Å². The largest absolute Gasteiger partial charge is 0.472 e. The third-order valence-electron chi connectivity index (χ3n) is 7.91. The molecule has 0 rings (SSSR count). The number of amides is 3. The monoisotopic (exact) mass is 917 g/mol. The minimum absolute atomic E-state index is 0.106. The van der Waals surface area contributed by atoms with Gasteiger partial charge in [-0.1, -0.05) is 27.7 Å². The van der Waals surface area contributed by atoms with E-state index in [0.29, 0.717) is 6.42 Å². The number of hydrogen-bond acceptors (Lipinski definition) is 16. The van der Waals surface area contributed by atoms with Crippen LogP contribution in [-0.2, 0) is 65.6 Å². The Kier molecular flexibility index (Phi) is 24.3. The van der Waals surface area contributed by atoms with Crippen LogP contribution < -0.4 is 16.0 Å². The zero-order valence-electron chi connectivity index (χ0n) is 35.5. The molecule has 8 N–H and O–H groups in total. The molecule has 5 atom stereocenters. The summed E-state index contributed by atoms with van der Waals surface area (Å²) in [7, 11) is -14.8. The molecule has 3 amide bonds. The van der Waals surface area contributed by atoms with Gasteiger partial charge in [0.15, 0.2) is 6.10 Å². The van der Waals surface area contributed by atoms with Gasteiger partial charge < -0.3 is 59.6 Å². The molecule has 0 fully saturated rings. The van der Waals surface area contributed by atoms with E-state index in [4.69, 9.17) is 28.0 Å². The van der Waals surface area contributed by atoms with Crippen molar-refractivity contribution in [2.45, 2.75) is 117 Å². The Bertz CT molecular complexity index is 1490. The molecule has 0 aromatic rings. The van der Waals surface area contributed by atoms with Gasteiger partial charge in [0.2, 0.25) is 11.8 Å². The van der Waals surface area contributed by atoms with Crippen molar-refractivity contribution in [3.8, 4) is 0 Å². The summed E-state index contributed by atoms with van der Waals surface area (Å²) < 4.78 is 72.2. The first-order valence-electron chi connectivity index (χ1n) is 18.7. The van der Waals surface area contributed by atoms with Crippen molar-refractivity contribution in [2.24, 2.45) is 11.3 Å². The van der Waals surface area contributed by atoms with Gasteiger partial charge in [-0.2, -0.15) is 0 Å². The number of hydrogen-bond donors (Lipinski definition) is 8. The van der Waals surface area contributed by atoms with E-state index in [2.05, 4.69) is 25.5 Å². The summed E-state index contributed by atoms with van der Waals surface area (Å²) in [6.07, 6.45) is -2.59. The number of alkyl carbamates (subject to hydrolysis) is 1. The highest BCUT2D eigenvalue weighted by molar-refractivity contribution is 7.72. The molecule has 0 aromatic carbocycles. The van der Waals surface area contributed by atoms with Crippen LogP contribution in [0.3, 0.4) is 0 Å². The highest BCUT2D eigenvalue weighted by Crippen LogP contribution is 2.71. The minimum Gasteiger partial charge on any atom is -0.456 e. The predicted octanol–water partition coefficient (Wildman–Crippen LogP) is 2.82. The van der Waals surface area contributed by atoms with E-state index in [1.807, 2.05) is 20.8 Å². The second-order valence-electron chi connectivity index (χ2n) is 15.9. The Labute approximate surface area is 345 Å². The van der Waals surface area contributed by atoms with Crippen molar-refractivity contribution < 1.29 is 95.1 Å². The van der Waals surface area contributed by atoms with Crippen molar-refractivity contribution in [3.63, 3.8) is 0 Å². The fourth-order valence-corrected chi connectivity index (χ4v) is 8.33. The third-order valence-corrected chi connectivity index (χ3v) is 13.1. The quantitative estimate of drug-likeness (QED) is 0.0169. The molecule has 26 heteroatoms. The fraction of sp³-hybridized carbons (Fsp3) is 0.879. The normalized spacial score (nSPS) is 16.7. The first kappa shape index (κ1) is 56.9. The van der Waals surface area contributed by atoms with Crippen LogP contribution >= 0.6 is 23.0 Å². The zero-order chi connectivity index (χ0) is 45.9. The predicted molar refractivity (Wildman–Crippen MR) is 209 cm³/mol. The molecule has 0 saturated carbocycles. The van der Waals surface area contributed by atoms with Gasteiger partial charge in [-0.15, -0.1) is 4.67 Å². The lowest BCUT2D eigenvalue weighted by Crippen LogP contribution is -2.38. The number of carbonyl (C=O) groups is 4. The van der Waals surface area contributed by atoms with Gasteiger partial charge in [0.25, 0.3) is 5.08 Å². The van der Waals surface area contributed by atoms with Crippen molar-refractivity contribution in [2.75, 3.05) is 59.8 Å². The molecule has 0 saturated heterocycles. The van der Waals surface area contributed by atoms with Crippen LogP contribution in [0.25, 0.3) is 0 Å². The van der Waals surface area contributed by atoms with Crippen LogP contribution in [-0.4, -0.2) is 131 Å². The zero-order valence-corrected chi connectivity index (χ0v) is 38.2. The summed E-state index contributed by atoms with van der Waals surface area (Å²) in [6, 6.07) is 0. The molecule has 5 unspecified atom stereocenters. The van der Waals surface area contributed by atoms with E-state index < -0.39 is 108 Å². The number of carbonyl (C=O) groups excluding carboxylic acids is 4. The standard InChI is InChI=1S/C33H66N3O20P3/c1-11-34-29(40)50-21-25(55-28(39)24(2)19-30(3,4)5)22-54-59(47,48)53-18-16-36-26(37)20-32(8,9)51-17-14-31(6,7)52-23-27(38)35-15-12-13-33(41,57(42,43)44)58(45,46)56-49-10/h24-25,41H,11-23H2,1-10H3,(H,34,40)(H,35,38)(H,36,37)(H,45,46)(H,47,48)(H2,42,43,44). The molecule has 23 nitrogen and oxygen atoms in total. The Morgan fingerprint density at radius 3 is 1.93 bits per heavy atom. The second-order valence-corrected chi connectivity index (χ2v) is 21.5. The van der Waals surface area contributed by atoms with Gasteiger partial charge in [0.1, 0.15) is 13.2 Å². The highest BCUT2D eigenvalue weighted by atomic mass is 31.2. The topological polar surface area (TPSA) is 331 Å². The summed E-state index contributed by atoms with van der Waals surface area (Å²) >= 11 is 0. The maximum Gasteiger partial charge on any atom is 0.472 e. The van der Waals surface area contributed by atoms with Crippen molar-refractivity contribution in [1.29, 1.82) is 0 Å². The van der Waals surface area contributed by atoms with Crippen LogP contribution in [0, 0.1) is 11.3 Å². The average molecular weight is 918 g/mol. The molecular weight excluding hydrogens is 851 g/mol. The van der Waals surface area contributed by atoms with Crippen LogP contribution in [0.15, 0.2) is 0 Å². The molecule has 0 aliphatic carbocycles. The van der Waals surface area contributed by atoms with Crippen molar-refractivity contribution in [3.05, 3.63) is 0 Å². The van der Waals surface area contributed by atoms with Crippen LogP contribution in [0.4, 0.5) is 4.79 Å². The Morgan fingerprint density at radius 1 is 0.763 bits per heavy atom. The number of esters is 1. The summed E-state index contributed by atoms with van der Waals surface area (Å²) in [6.45, 7) is 13.9. The second kappa shape index (κ2) is 25.1. The van der Waals surface area contributed by atoms with E-state index >= 15 is 0 Å². The summed E-state index contributed by atoms with van der Waals surface area (Å²) in [5.74, 6) is -2.22. The highest BCUT2D eigenvalue weighted by Gasteiger charge is 2.61. The Morgan fingerprint density at radius 2 is 1.37 bits per heavy atom. The lowest BCUT2D eigenvalue weighted by Gasteiger charge is -2.30. The summed E-state index contributed by atoms with van der Waals surface area (Å²) in [4.78, 5) is 92.1. The van der Waals surface area contributed by atoms with E-state index in [9.17, 15) is 57.6 Å². The Hall–Kier alpha value is -2.07. The number of aliphatic hydroxyl groups is 1. The molecule has 0 spiro atoms. The molecule has 0 radical (unpaired) electrons. The van der Waals surface area contributed by atoms with Crippen molar-refractivity contribution in [1.82, 2.24) is 16.0 Å². The molecular formula is C33H66N3O20P3. The van der Waals surface area contributed by atoms with E-state index in [1.165, 1.54) is 0 Å². The fourth-order valence-electron chi connectivity index (χ4n) is 4.95. The first-order valence-corrected chi connectivity index (χ1v) is 23.4. The van der Waals surface area contributed by atoms with Gasteiger partial charge >= 0.3 is 35.1 Å². The number of phosphoric acid groups is 1. The number of nitrogens with one attached hydrogen (secondary N) is 3. The van der Waals surface area contributed by atoms with Gasteiger partial charge in [-0.05, 0) is 59.3 Å². The lowest BCUT2D eigenvalue weighted by atomic mass is 9.85. The maximum atomic E-state index is 12.7. The van der Waals surface area contributed by atoms with E-state index in [-0.39, 0.29) is 50.9 Å². The molecule has 0 heterocycles. The smallest absolute Gasteiger partial charge is 0.456 e. The number of rotatable bonds is 30. The number of ether oxygens (including phenoxy) is 4. The van der Waals surface area contributed by atoms with Gasteiger partial charge in [0.05, 0.1) is 50.5 Å². The average Bonchev–Trinajstić information content (AvgIpc) is 3.07. The molecule has 348 valence electrons.